The van der Waals surface area contributed by atoms with Gasteiger partial charge in [-0.15, -0.1) is 0 Å². The fourth-order valence-electron chi connectivity index (χ4n) is 2.79. The van der Waals surface area contributed by atoms with Gasteiger partial charge in [-0.3, -0.25) is 4.79 Å². The Balaban J connectivity index is 2.39. The fourth-order valence-corrected chi connectivity index (χ4v) is 2.79. The molecule has 1 aliphatic rings. The van der Waals surface area contributed by atoms with Gasteiger partial charge in [-0.2, -0.15) is 0 Å². The number of carbonyl (C=O) groups is 1. The second kappa shape index (κ2) is 6.06. The van der Waals surface area contributed by atoms with Crippen LogP contribution in [0.3, 0.4) is 0 Å². The zero-order chi connectivity index (χ0) is 13.8. The molecule has 1 heterocycles. The summed E-state index contributed by atoms with van der Waals surface area (Å²) >= 11 is 0. The van der Waals surface area contributed by atoms with Crippen molar-refractivity contribution >= 4 is 5.91 Å². The van der Waals surface area contributed by atoms with Crippen LogP contribution in [0.25, 0.3) is 0 Å². The van der Waals surface area contributed by atoms with Gasteiger partial charge in [0, 0.05) is 24.6 Å². The van der Waals surface area contributed by atoms with E-state index in [1.165, 1.54) is 0 Å². The number of nitrogens with zero attached hydrogens (tertiary/aromatic N) is 1. The van der Waals surface area contributed by atoms with Crippen LogP contribution in [0.5, 0.6) is 5.75 Å². The monoisotopic (exact) mass is 262 g/mol. The Kier molecular flexibility index (Phi) is 4.43. The van der Waals surface area contributed by atoms with E-state index in [0.717, 1.165) is 30.7 Å². The lowest BCUT2D eigenvalue weighted by atomic mass is 9.90. The van der Waals surface area contributed by atoms with Crippen LogP contribution in [-0.4, -0.2) is 30.5 Å². The highest BCUT2D eigenvalue weighted by Gasteiger charge is 2.35. The maximum Gasteiger partial charge on any atom is 0.223 e. The number of benzene rings is 1. The van der Waals surface area contributed by atoms with E-state index < -0.39 is 0 Å². The molecule has 1 aliphatic heterocycles. The summed E-state index contributed by atoms with van der Waals surface area (Å²) in [5, 5.41) is 0. The van der Waals surface area contributed by atoms with E-state index in [2.05, 4.69) is 6.92 Å². The first-order valence-electron chi connectivity index (χ1n) is 6.87. The minimum Gasteiger partial charge on any atom is -0.496 e. The molecule has 19 heavy (non-hydrogen) atoms. The molecule has 0 aliphatic carbocycles. The molecular weight excluding hydrogens is 240 g/mol. The third kappa shape index (κ3) is 2.73. The molecule has 4 heteroatoms. The molecule has 1 aromatic carbocycles. The first kappa shape index (κ1) is 13.9. The molecule has 2 rings (SSSR count). The summed E-state index contributed by atoms with van der Waals surface area (Å²) in [4.78, 5) is 14.1. The third-order valence-electron chi connectivity index (χ3n) is 3.68. The summed E-state index contributed by atoms with van der Waals surface area (Å²) < 4.78 is 5.42. The van der Waals surface area contributed by atoms with Crippen molar-refractivity contribution < 1.29 is 9.53 Å². The van der Waals surface area contributed by atoms with Crippen molar-refractivity contribution in [1.82, 2.24) is 4.90 Å². The first-order valence-corrected chi connectivity index (χ1v) is 6.87. The number of amides is 1. The molecule has 0 bridgehead atoms. The molecule has 104 valence electrons. The van der Waals surface area contributed by atoms with Gasteiger partial charge < -0.3 is 15.4 Å². The molecule has 2 atom stereocenters. The number of nitrogens with two attached hydrogens (primary N) is 1. The number of para-hydroxylation sites is 1. The summed E-state index contributed by atoms with van der Waals surface area (Å²) in [7, 11) is 1.65. The second-order valence-electron chi connectivity index (χ2n) is 4.98. The Morgan fingerprint density at radius 1 is 1.42 bits per heavy atom. The Bertz CT molecular complexity index is 448. The quantitative estimate of drug-likeness (QED) is 0.904. The number of hydrogen-bond acceptors (Lipinski definition) is 3. The van der Waals surface area contributed by atoms with Crippen molar-refractivity contribution in [3.63, 3.8) is 0 Å². The lowest BCUT2D eigenvalue weighted by Gasteiger charge is -2.40. The standard InChI is InChI=1S/C15H22N2O2/c1-3-10-17-14(18)9-8-12(16)15(17)11-6-4-5-7-13(11)19-2/h4-7,12,15H,3,8-10,16H2,1-2H3. The molecule has 2 N–H and O–H groups in total. The number of likely N-dealkylation sites (tertiary alicyclic amines) is 1. The van der Waals surface area contributed by atoms with Gasteiger partial charge in [0.1, 0.15) is 5.75 Å². The van der Waals surface area contributed by atoms with Crippen LogP contribution in [0.4, 0.5) is 0 Å². The van der Waals surface area contributed by atoms with Crippen molar-refractivity contribution in [3.8, 4) is 5.75 Å². The minimum atomic E-state index is -0.0719. The zero-order valence-electron chi connectivity index (χ0n) is 11.6. The number of ether oxygens (including phenoxy) is 1. The summed E-state index contributed by atoms with van der Waals surface area (Å²) in [5.74, 6) is 0.998. The van der Waals surface area contributed by atoms with E-state index >= 15 is 0 Å². The average molecular weight is 262 g/mol. The predicted octanol–water partition coefficient (Wildman–Crippen LogP) is 2.10. The van der Waals surface area contributed by atoms with Crippen LogP contribution in [0, 0.1) is 0 Å². The second-order valence-corrected chi connectivity index (χ2v) is 4.98. The number of methoxy groups -OCH3 is 1. The van der Waals surface area contributed by atoms with Crippen LogP contribution in [0.1, 0.15) is 37.8 Å². The van der Waals surface area contributed by atoms with Crippen molar-refractivity contribution in [2.45, 2.75) is 38.3 Å². The van der Waals surface area contributed by atoms with Crippen molar-refractivity contribution in [1.29, 1.82) is 0 Å². The van der Waals surface area contributed by atoms with E-state index in [1.807, 2.05) is 29.2 Å². The molecule has 1 saturated heterocycles. The zero-order valence-corrected chi connectivity index (χ0v) is 11.6. The van der Waals surface area contributed by atoms with Gasteiger partial charge in [-0.25, -0.2) is 0 Å². The van der Waals surface area contributed by atoms with E-state index in [1.54, 1.807) is 7.11 Å². The highest BCUT2D eigenvalue weighted by Crippen LogP contribution is 2.35. The predicted molar refractivity (Wildman–Crippen MR) is 74.9 cm³/mol. The molecule has 0 spiro atoms. The SMILES string of the molecule is CCCN1C(=O)CCC(N)C1c1ccccc1OC. The highest BCUT2D eigenvalue weighted by atomic mass is 16.5. The maximum absolute atomic E-state index is 12.1. The molecule has 0 radical (unpaired) electrons. The summed E-state index contributed by atoms with van der Waals surface area (Å²) in [6.07, 6.45) is 2.22. The number of rotatable bonds is 4. The normalized spacial score (nSPS) is 23.5. The van der Waals surface area contributed by atoms with Gasteiger partial charge in [-0.05, 0) is 18.9 Å². The van der Waals surface area contributed by atoms with E-state index in [9.17, 15) is 4.79 Å². The maximum atomic E-state index is 12.1. The van der Waals surface area contributed by atoms with Crippen LogP contribution in [-0.2, 0) is 4.79 Å². The lowest BCUT2D eigenvalue weighted by molar-refractivity contribution is -0.137. The highest BCUT2D eigenvalue weighted by molar-refractivity contribution is 5.78. The molecule has 0 aromatic heterocycles. The first-order chi connectivity index (χ1) is 9.19. The largest absolute Gasteiger partial charge is 0.496 e. The van der Waals surface area contributed by atoms with Gasteiger partial charge in [-0.1, -0.05) is 25.1 Å². The van der Waals surface area contributed by atoms with E-state index in [0.29, 0.717) is 6.42 Å². The molecular formula is C15H22N2O2. The van der Waals surface area contributed by atoms with Gasteiger partial charge in [0.15, 0.2) is 0 Å². The van der Waals surface area contributed by atoms with Gasteiger partial charge >= 0.3 is 0 Å². The number of carbonyl (C=O) groups excluding carboxylic acids is 1. The topological polar surface area (TPSA) is 55.6 Å². The summed E-state index contributed by atoms with van der Waals surface area (Å²) in [6.45, 7) is 2.82. The van der Waals surface area contributed by atoms with Crippen LogP contribution in [0.2, 0.25) is 0 Å². The smallest absolute Gasteiger partial charge is 0.223 e. The lowest BCUT2D eigenvalue weighted by Crippen LogP contribution is -2.49. The van der Waals surface area contributed by atoms with E-state index in [-0.39, 0.29) is 18.0 Å². The Morgan fingerprint density at radius 2 is 2.16 bits per heavy atom. The van der Waals surface area contributed by atoms with Crippen molar-refractivity contribution in [2.24, 2.45) is 5.73 Å². The minimum absolute atomic E-state index is 0.0273. The number of piperidine rings is 1. The van der Waals surface area contributed by atoms with Crippen molar-refractivity contribution in [2.75, 3.05) is 13.7 Å². The van der Waals surface area contributed by atoms with Crippen LogP contribution in [0.15, 0.2) is 24.3 Å². The summed E-state index contributed by atoms with van der Waals surface area (Å²) in [6, 6.07) is 7.73. The van der Waals surface area contributed by atoms with E-state index in [4.69, 9.17) is 10.5 Å². The molecule has 4 nitrogen and oxygen atoms in total. The fraction of sp³-hybridized carbons (Fsp3) is 0.533. The molecule has 1 amide bonds. The molecule has 1 aromatic rings. The van der Waals surface area contributed by atoms with Crippen LogP contribution >= 0.6 is 0 Å². The Labute approximate surface area is 114 Å². The molecule has 1 fully saturated rings. The van der Waals surface area contributed by atoms with Crippen LogP contribution < -0.4 is 10.5 Å². The number of hydrogen-bond donors (Lipinski definition) is 1. The molecule has 2 unspecified atom stereocenters. The average Bonchev–Trinajstić information content (AvgIpc) is 2.43. The molecule has 0 saturated carbocycles. The summed E-state index contributed by atoms with van der Waals surface area (Å²) in [5.41, 5.74) is 7.28. The van der Waals surface area contributed by atoms with Crippen molar-refractivity contribution in [3.05, 3.63) is 29.8 Å². The Hall–Kier alpha value is -1.55. The van der Waals surface area contributed by atoms with Gasteiger partial charge in [0.25, 0.3) is 0 Å². The third-order valence-corrected chi connectivity index (χ3v) is 3.68. The van der Waals surface area contributed by atoms with Gasteiger partial charge in [0.2, 0.25) is 5.91 Å². The Morgan fingerprint density at radius 3 is 2.84 bits per heavy atom. The van der Waals surface area contributed by atoms with Gasteiger partial charge in [0.05, 0.1) is 13.2 Å².